The SMILES string of the molecule is CC/C=C\C/C=C\C/C=C\C/C=C\CCCCCCCCCCC(=O)OC(COC(=O)CCCCCCCCC/C=C\C/C=C\CCCCC)COC(=O)CCCCCCCCCCCCCCCCCCCCCCCCCCCCC. The topological polar surface area (TPSA) is 78.9 Å². The molecule has 0 amide bonds. The Morgan fingerprint density at radius 2 is 0.470 bits per heavy atom. The number of hydrogen-bond acceptors (Lipinski definition) is 6. The molecule has 0 aromatic heterocycles. The number of rotatable bonds is 67. The fourth-order valence-corrected chi connectivity index (χ4v) is 10.8. The number of carbonyl (C=O) groups excluding carboxylic acids is 3. The first kappa shape index (κ1) is 79.8. The van der Waals surface area contributed by atoms with Crippen LogP contribution in [0.15, 0.2) is 72.9 Å². The van der Waals surface area contributed by atoms with Crippen molar-refractivity contribution in [3.63, 3.8) is 0 Å². The molecule has 0 aliphatic carbocycles. The van der Waals surface area contributed by atoms with Crippen LogP contribution in [0.2, 0.25) is 0 Å². The van der Waals surface area contributed by atoms with E-state index in [0.29, 0.717) is 19.3 Å². The van der Waals surface area contributed by atoms with E-state index in [1.807, 2.05) is 0 Å². The van der Waals surface area contributed by atoms with Gasteiger partial charge in [0.25, 0.3) is 0 Å². The summed E-state index contributed by atoms with van der Waals surface area (Å²) in [6, 6.07) is 0. The molecule has 0 bridgehead atoms. The van der Waals surface area contributed by atoms with Crippen LogP contribution >= 0.6 is 0 Å². The Morgan fingerprint density at radius 1 is 0.253 bits per heavy atom. The van der Waals surface area contributed by atoms with Crippen molar-refractivity contribution < 1.29 is 28.6 Å². The summed E-state index contributed by atoms with van der Waals surface area (Å²) in [5.74, 6) is -0.871. The van der Waals surface area contributed by atoms with Crippen molar-refractivity contribution in [3.05, 3.63) is 72.9 Å². The molecule has 6 heteroatoms. The zero-order chi connectivity index (χ0) is 59.9. The van der Waals surface area contributed by atoms with Gasteiger partial charge in [0.05, 0.1) is 0 Å². The summed E-state index contributed by atoms with van der Waals surface area (Å²) in [5, 5.41) is 0. The quantitative estimate of drug-likeness (QED) is 0.0261. The molecule has 1 atom stereocenters. The average molecular weight is 1160 g/mol. The minimum atomic E-state index is -0.785. The summed E-state index contributed by atoms with van der Waals surface area (Å²) in [6.07, 6.45) is 93.6. The first-order valence-corrected chi connectivity index (χ1v) is 36.4. The highest BCUT2D eigenvalue weighted by molar-refractivity contribution is 5.71. The average Bonchev–Trinajstić information content (AvgIpc) is 3.50. The van der Waals surface area contributed by atoms with Gasteiger partial charge in [0.1, 0.15) is 13.2 Å². The summed E-state index contributed by atoms with van der Waals surface area (Å²) in [6.45, 7) is 6.55. The first-order valence-electron chi connectivity index (χ1n) is 36.4. The predicted molar refractivity (Wildman–Crippen MR) is 362 cm³/mol. The normalized spacial score (nSPS) is 12.5. The van der Waals surface area contributed by atoms with Gasteiger partial charge in [-0.1, -0.05) is 344 Å². The van der Waals surface area contributed by atoms with Crippen LogP contribution in [0.4, 0.5) is 0 Å². The van der Waals surface area contributed by atoms with Crippen molar-refractivity contribution in [3.8, 4) is 0 Å². The molecule has 0 aliphatic rings. The van der Waals surface area contributed by atoms with Crippen LogP contribution in [0.25, 0.3) is 0 Å². The van der Waals surface area contributed by atoms with Crippen LogP contribution < -0.4 is 0 Å². The van der Waals surface area contributed by atoms with E-state index in [4.69, 9.17) is 14.2 Å². The van der Waals surface area contributed by atoms with Gasteiger partial charge in [-0.15, -0.1) is 0 Å². The van der Waals surface area contributed by atoms with Gasteiger partial charge in [-0.2, -0.15) is 0 Å². The Labute approximate surface area is 516 Å². The maximum absolute atomic E-state index is 13.0. The van der Waals surface area contributed by atoms with E-state index >= 15 is 0 Å². The Bertz CT molecular complexity index is 1520. The Balaban J connectivity index is 4.30. The molecule has 0 aromatic carbocycles. The summed E-state index contributed by atoms with van der Waals surface area (Å²) < 4.78 is 17.0. The van der Waals surface area contributed by atoms with Gasteiger partial charge in [0, 0.05) is 19.3 Å². The van der Waals surface area contributed by atoms with Gasteiger partial charge < -0.3 is 14.2 Å². The van der Waals surface area contributed by atoms with Crippen LogP contribution in [0.1, 0.15) is 380 Å². The van der Waals surface area contributed by atoms with Crippen LogP contribution in [0.3, 0.4) is 0 Å². The van der Waals surface area contributed by atoms with Gasteiger partial charge in [0.15, 0.2) is 6.10 Å². The molecule has 0 fully saturated rings. The van der Waals surface area contributed by atoms with Crippen molar-refractivity contribution in [2.24, 2.45) is 0 Å². The van der Waals surface area contributed by atoms with E-state index < -0.39 is 6.10 Å². The molecule has 0 aliphatic heterocycles. The molecule has 482 valence electrons. The lowest BCUT2D eigenvalue weighted by Gasteiger charge is -2.18. The monoisotopic (exact) mass is 1160 g/mol. The number of carbonyl (C=O) groups is 3. The maximum atomic E-state index is 13.0. The number of unbranched alkanes of at least 4 members (excludes halogenated alkanes) is 44. The molecular formula is C77H138O6. The zero-order valence-corrected chi connectivity index (χ0v) is 55.5. The summed E-state index contributed by atoms with van der Waals surface area (Å²) in [5.41, 5.74) is 0. The standard InChI is InChI=1S/C77H138O6/c1-4-7-10-13-16-19-22-25-28-31-33-35-36-37-38-39-40-42-43-46-49-52-55-58-61-64-67-70-76(79)82-73-74(72-81-75(78)69-66-63-60-57-54-51-48-45-30-27-24-21-18-15-12-9-6-3)83-77(80)71-68-65-62-59-56-53-50-47-44-41-34-32-29-26-23-20-17-14-11-8-5-2/h8,11,17-18,20-21,26-27,29-30,34,41,74H,4-7,9-10,12-16,19,22-25,28,31-33,35-40,42-73H2,1-3H3/b11-8-,20-17-,21-18-,29-26-,30-27-,41-34-. The number of ether oxygens (including phenoxy) is 3. The number of esters is 3. The van der Waals surface area contributed by atoms with Crippen LogP contribution in [0.5, 0.6) is 0 Å². The summed E-state index contributed by atoms with van der Waals surface area (Å²) >= 11 is 0. The Kier molecular flexibility index (Phi) is 68.6. The van der Waals surface area contributed by atoms with Gasteiger partial charge in [-0.25, -0.2) is 0 Å². The van der Waals surface area contributed by atoms with Crippen molar-refractivity contribution in [1.29, 1.82) is 0 Å². The summed E-state index contributed by atoms with van der Waals surface area (Å²) in [7, 11) is 0. The molecule has 0 aromatic rings. The molecule has 0 saturated heterocycles. The second-order valence-corrected chi connectivity index (χ2v) is 24.5. The van der Waals surface area contributed by atoms with Crippen LogP contribution in [-0.2, 0) is 28.6 Å². The van der Waals surface area contributed by atoms with Crippen LogP contribution in [-0.4, -0.2) is 37.2 Å². The third kappa shape index (κ3) is 69.5. The second kappa shape index (κ2) is 71.3. The van der Waals surface area contributed by atoms with Crippen molar-refractivity contribution in [2.75, 3.05) is 13.2 Å². The molecule has 0 rings (SSSR count). The highest BCUT2D eigenvalue weighted by atomic mass is 16.6. The smallest absolute Gasteiger partial charge is 0.306 e. The highest BCUT2D eigenvalue weighted by Gasteiger charge is 2.19. The van der Waals surface area contributed by atoms with Gasteiger partial charge in [-0.05, 0) is 89.9 Å². The van der Waals surface area contributed by atoms with E-state index in [9.17, 15) is 14.4 Å². The first-order chi connectivity index (χ1) is 41.0. The van der Waals surface area contributed by atoms with E-state index in [-0.39, 0.29) is 31.1 Å². The lowest BCUT2D eigenvalue weighted by molar-refractivity contribution is -0.167. The van der Waals surface area contributed by atoms with Crippen LogP contribution in [0, 0.1) is 0 Å². The minimum absolute atomic E-state index is 0.0778. The maximum Gasteiger partial charge on any atom is 0.306 e. The van der Waals surface area contributed by atoms with Crippen molar-refractivity contribution in [2.45, 2.75) is 386 Å². The Morgan fingerprint density at radius 3 is 0.759 bits per heavy atom. The molecule has 83 heavy (non-hydrogen) atoms. The second-order valence-electron chi connectivity index (χ2n) is 24.5. The molecule has 0 saturated carbocycles. The number of hydrogen-bond donors (Lipinski definition) is 0. The minimum Gasteiger partial charge on any atom is -0.462 e. The van der Waals surface area contributed by atoms with Gasteiger partial charge >= 0.3 is 17.9 Å². The van der Waals surface area contributed by atoms with E-state index in [1.54, 1.807) is 0 Å². The third-order valence-electron chi connectivity index (χ3n) is 16.2. The number of allylic oxidation sites excluding steroid dienone is 12. The predicted octanol–water partition coefficient (Wildman–Crippen LogP) is 25.2. The molecule has 0 N–H and O–H groups in total. The van der Waals surface area contributed by atoms with Gasteiger partial charge in [0.2, 0.25) is 0 Å². The fraction of sp³-hybridized carbons (Fsp3) is 0.805. The van der Waals surface area contributed by atoms with E-state index in [1.165, 1.54) is 238 Å². The fourth-order valence-electron chi connectivity index (χ4n) is 10.8. The molecule has 0 spiro atoms. The molecular weight excluding hydrogens is 1020 g/mol. The summed E-state index contributed by atoms with van der Waals surface area (Å²) in [4.78, 5) is 38.5. The van der Waals surface area contributed by atoms with E-state index in [0.717, 1.165) is 103 Å². The molecule has 0 radical (unpaired) electrons. The lowest BCUT2D eigenvalue weighted by Crippen LogP contribution is -2.30. The molecule has 0 heterocycles. The third-order valence-corrected chi connectivity index (χ3v) is 16.2. The van der Waals surface area contributed by atoms with E-state index in [2.05, 4.69) is 93.7 Å². The Hall–Kier alpha value is -3.15. The van der Waals surface area contributed by atoms with Crippen molar-refractivity contribution in [1.82, 2.24) is 0 Å². The largest absolute Gasteiger partial charge is 0.462 e. The zero-order valence-electron chi connectivity index (χ0n) is 55.5. The lowest BCUT2D eigenvalue weighted by atomic mass is 10.0. The molecule has 6 nitrogen and oxygen atoms in total. The highest BCUT2D eigenvalue weighted by Crippen LogP contribution is 2.18. The molecule has 1 unspecified atom stereocenters. The van der Waals surface area contributed by atoms with Gasteiger partial charge in [-0.3, -0.25) is 14.4 Å². The van der Waals surface area contributed by atoms with Crippen molar-refractivity contribution >= 4 is 17.9 Å².